The van der Waals surface area contributed by atoms with Crippen molar-refractivity contribution in [1.82, 2.24) is 14.8 Å². The van der Waals surface area contributed by atoms with Crippen LogP contribution in [0.15, 0.2) is 23.1 Å². The molecule has 2 aromatic rings. The first-order valence-electron chi connectivity index (χ1n) is 10.5. The fourth-order valence-electron chi connectivity index (χ4n) is 5.55. The number of aromatic hydroxyl groups is 1. The summed E-state index contributed by atoms with van der Waals surface area (Å²) in [6.07, 6.45) is 3.34. The highest BCUT2D eigenvalue weighted by atomic mass is 19.1. The molecule has 32 heavy (non-hydrogen) atoms. The van der Waals surface area contributed by atoms with Crippen LogP contribution in [0, 0.1) is 23.4 Å². The first-order chi connectivity index (χ1) is 15.2. The summed E-state index contributed by atoms with van der Waals surface area (Å²) in [7, 11) is 0. The minimum Gasteiger partial charge on any atom is -0.503 e. The first-order valence-corrected chi connectivity index (χ1v) is 10.5. The molecule has 3 atom stereocenters. The number of hydrogen-bond acceptors (Lipinski definition) is 5. The van der Waals surface area contributed by atoms with Crippen LogP contribution in [0.25, 0.3) is 0 Å². The van der Waals surface area contributed by atoms with Crippen LogP contribution in [-0.2, 0) is 13.1 Å². The molecule has 5 rings (SSSR count). The van der Waals surface area contributed by atoms with Gasteiger partial charge >= 0.3 is 0 Å². The molecule has 3 heterocycles. The van der Waals surface area contributed by atoms with Crippen LogP contribution in [0.1, 0.15) is 53.5 Å². The van der Waals surface area contributed by atoms with E-state index >= 15 is 0 Å². The van der Waals surface area contributed by atoms with Crippen molar-refractivity contribution in [2.45, 2.75) is 50.5 Å². The SMILES string of the molecule is O=C1c2c(O)c(=O)c(C(O)NCc3c(F)cc(F)cc3F)cn2C[C@]23CCC[C@H](CN12)C3. The van der Waals surface area contributed by atoms with E-state index < -0.39 is 52.9 Å². The topological polar surface area (TPSA) is 94.8 Å². The smallest absolute Gasteiger partial charge is 0.275 e. The second kappa shape index (κ2) is 7.35. The summed E-state index contributed by atoms with van der Waals surface area (Å²) in [6.45, 7) is 0.464. The lowest BCUT2D eigenvalue weighted by atomic mass is 9.79. The molecule has 7 nitrogen and oxygen atoms in total. The summed E-state index contributed by atoms with van der Waals surface area (Å²) in [5.41, 5.74) is -2.18. The number of benzene rings is 1. The molecule has 2 fully saturated rings. The quantitative estimate of drug-likeness (QED) is 0.622. The molecule has 1 unspecified atom stereocenters. The molecule has 1 aromatic heterocycles. The predicted molar refractivity (Wildman–Crippen MR) is 106 cm³/mol. The van der Waals surface area contributed by atoms with Gasteiger partial charge in [-0.05, 0) is 25.2 Å². The maximum atomic E-state index is 13.9. The Balaban J connectivity index is 1.46. The number of pyridine rings is 1. The Labute approximate surface area is 181 Å². The predicted octanol–water partition coefficient (Wildman–Crippen LogP) is 2.15. The number of aliphatic hydroxyl groups is 1. The fourth-order valence-corrected chi connectivity index (χ4v) is 5.55. The maximum Gasteiger partial charge on any atom is 0.275 e. The number of fused-ring (bicyclic) bond motifs is 2. The zero-order chi connectivity index (χ0) is 22.8. The molecular formula is C22H22F3N3O4. The van der Waals surface area contributed by atoms with Crippen LogP contribution in [0.2, 0.25) is 0 Å². The zero-order valence-electron chi connectivity index (χ0n) is 17.1. The van der Waals surface area contributed by atoms with Crippen molar-refractivity contribution >= 4 is 5.91 Å². The highest BCUT2D eigenvalue weighted by Crippen LogP contribution is 2.48. The Kier molecular flexibility index (Phi) is 4.82. The number of nitrogens with one attached hydrogen (secondary N) is 1. The lowest BCUT2D eigenvalue weighted by molar-refractivity contribution is 0.0417. The summed E-state index contributed by atoms with van der Waals surface area (Å²) in [5.74, 6) is -4.11. The third kappa shape index (κ3) is 3.12. The monoisotopic (exact) mass is 449 g/mol. The number of carbonyl (C=O) groups is 1. The van der Waals surface area contributed by atoms with Crippen molar-refractivity contribution in [1.29, 1.82) is 0 Å². The number of carbonyl (C=O) groups excluding carboxylic acids is 1. The third-order valence-electron chi connectivity index (χ3n) is 7.01. The van der Waals surface area contributed by atoms with Crippen molar-refractivity contribution in [2.75, 3.05) is 6.54 Å². The fraction of sp³-hybridized carbons (Fsp3) is 0.455. The first kappa shape index (κ1) is 21.0. The van der Waals surface area contributed by atoms with Crippen LogP contribution in [0.4, 0.5) is 13.2 Å². The number of halogens is 3. The average Bonchev–Trinajstić information content (AvgIpc) is 2.99. The van der Waals surface area contributed by atoms with Gasteiger partial charge in [0.1, 0.15) is 23.7 Å². The molecule has 1 spiro atoms. The Morgan fingerprint density at radius 2 is 1.94 bits per heavy atom. The van der Waals surface area contributed by atoms with Crippen LogP contribution >= 0.6 is 0 Å². The van der Waals surface area contributed by atoms with E-state index in [0.29, 0.717) is 31.1 Å². The normalized spacial score (nSPS) is 24.9. The van der Waals surface area contributed by atoms with Gasteiger partial charge in [0.2, 0.25) is 5.43 Å². The molecule has 1 amide bonds. The molecule has 10 heteroatoms. The van der Waals surface area contributed by atoms with E-state index in [-0.39, 0.29) is 16.8 Å². The van der Waals surface area contributed by atoms with Gasteiger partial charge in [0.25, 0.3) is 5.91 Å². The molecule has 170 valence electrons. The van der Waals surface area contributed by atoms with Crippen molar-refractivity contribution in [3.8, 4) is 5.75 Å². The Morgan fingerprint density at radius 3 is 2.66 bits per heavy atom. The number of aliphatic hydroxyl groups excluding tert-OH is 1. The van der Waals surface area contributed by atoms with Gasteiger partial charge in [-0.2, -0.15) is 0 Å². The summed E-state index contributed by atoms with van der Waals surface area (Å²) >= 11 is 0. The Morgan fingerprint density at radius 1 is 1.22 bits per heavy atom. The Bertz CT molecular complexity index is 1160. The third-order valence-corrected chi connectivity index (χ3v) is 7.01. The van der Waals surface area contributed by atoms with E-state index in [4.69, 9.17) is 0 Å². The number of hydrogen-bond donors (Lipinski definition) is 3. The van der Waals surface area contributed by atoms with Crippen LogP contribution in [0.3, 0.4) is 0 Å². The van der Waals surface area contributed by atoms with E-state index in [1.807, 2.05) is 0 Å². The van der Waals surface area contributed by atoms with E-state index in [1.54, 1.807) is 4.90 Å². The Hall–Kier alpha value is -2.85. The van der Waals surface area contributed by atoms with E-state index in [2.05, 4.69) is 5.32 Å². The van der Waals surface area contributed by atoms with Gasteiger partial charge in [0.15, 0.2) is 11.4 Å². The zero-order valence-corrected chi connectivity index (χ0v) is 17.1. The highest BCUT2D eigenvalue weighted by Gasteiger charge is 2.53. The number of amides is 1. The van der Waals surface area contributed by atoms with Gasteiger partial charge in [0, 0.05) is 43.5 Å². The van der Waals surface area contributed by atoms with Gasteiger partial charge in [-0.3, -0.25) is 14.9 Å². The van der Waals surface area contributed by atoms with E-state index in [0.717, 1.165) is 25.7 Å². The summed E-state index contributed by atoms with van der Waals surface area (Å²) in [4.78, 5) is 27.6. The maximum absolute atomic E-state index is 13.9. The largest absolute Gasteiger partial charge is 0.503 e. The lowest BCUT2D eigenvalue weighted by Crippen LogP contribution is -2.55. The summed E-state index contributed by atoms with van der Waals surface area (Å²) in [6, 6.07) is 1.03. The van der Waals surface area contributed by atoms with Crippen molar-refractivity contribution in [2.24, 2.45) is 5.92 Å². The van der Waals surface area contributed by atoms with Gasteiger partial charge in [0.05, 0.1) is 11.1 Å². The number of nitrogens with zero attached hydrogens (tertiary/aromatic N) is 2. The summed E-state index contributed by atoms with van der Waals surface area (Å²) in [5, 5.41) is 23.5. The summed E-state index contributed by atoms with van der Waals surface area (Å²) < 4.78 is 42.3. The van der Waals surface area contributed by atoms with Gasteiger partial charge in [-0.25, -0.2) is 13.2 Å². The van der Waals surface area contributed by atoms with Gasteiger partial charge in [-0.1, -0.05) is 6.42 Å². The minimum absolute atomic E-state index is 0.111. The molecule has 2 aliphatic heterocycles. The van der Waals surface area contributed by atoms with Crippen molar-refractivity contribution in [3.05, 3.63) is 62.8 Å². The molecule has 1 aliphatic carbocycles. The van der Waals surface area contributed by atoms with Gasteiger partial charge in [-0.15, -0.1) is 0 Å². The van der Waals surface area contributed by atoms with Crippen LogP contribution in [0.5, 0.6) is 5.75 Å². The molecule has 3 N–H and O–H groups in total. The second-order valence-corrected chi connectivity index (χ2v) is 8.97. The van der Waals surface area contributed by atoms with Gasteiger partial charge < -0.3 is 19.7 Å². The number of aromatic nitrogens is 1. The molecular weight excluding hydrogens is 427 g/mol. The highest BCUT2D eigenvalue weighted by molar-refractivity contribution is 5.96. The van der Waals surface area contributed by atoms with Crippen LogP contribution < -0.4 is 10.7 Å². The second-order valence-electron chi connectivity index (χ2n) is 8.97. The number of rotatable bonds is 4. The molecule has 0 radical (unpaired) electrons. The standard InChI is InChI=1S/C22H22F3N3O4/c23-12-4-15(24)13(16(25)5-12)7-26-20(31)14-9-27-10-22-3-1-2-11(6-22)8-28(22)21(32)17(27)19(30)18(14)29/h4-5,9,11,20,26,30-31H,1-3,6-8,10H2/t11-,20?,22+/m0/s1. The van der Waals surface area contributed by atoms with Crippen molar-refractivity contribution in [3.63, 3.8) is 0 Å². The minimum atomic E-state index is -1.68. The van der Waals surface area contributed by atoms with Crippen LogP contribution in [-0.4, -0.2) is 37.7 Å². The molecule has 1 aromatic carbocycles. The molecule has 2 bridgehead atoms. The molecule has 3 aliphatic rings. The molecule has 1 saturated heterocycles. The average molecular weight is 449 g/mol. The van der Waals surface area contributed by atoms with E-state index in [1.165, 1.54) is 10.8 Å². The van der Waals surface area contributed by atoms with E-state index in [9.17, 15) is 33.0 Å². The molecule has 1 saturated carbocycles. The van der Waals surface area contributed by atoms with Crippen molar-refractivity contribution < 1.29 is 28.2 Å². The lowest BCUT2D eigenvalue weighted by Gasteiger charge is -2.44.